The van der Waals surface area contributed by atoms with Crippen LogP contribution in [0, 0.1) is 5.92 Å². The van der Waals surface area contributed by atoms with Gasteiger partial charge in [0.2, 0.25) is 0 Å². The predicted octanol–water partition coefficient (Wildman–Crippen LogP) is 0.0363. The zero-order chi connectivity index (χ0) is 9.14. The summed E-state index contributed by atoms with van der Waals surface area (Å²) in [7, 11) is 0. The lowest BCUT2D eigenvalue weighted by Gasteiger charge is -2.29. The molecule has 0 spiro atoms. The summed E-state index contributed by atoms with van der Waals surface area (Å²) in [6.07, 6.45) is 1.07. The molecule has 3 nitrogen and oxygen atoms in total. The standard InChI is InChI=1S/C9H20N2O/c1-7(2)9(6-12)11-4-3-8(10)5-11/h7-9,12H,3-6,10H2,1-2H3/t8-,9+/m1/s1. The molecular weight excluding hydrogens is 152 g/mol. The summed E-state index contributed by atoms with van der Waals surface area (Å²) in [5.74, 6) is 0.514. The third kappa shape index (κ3) is 2.19. The van der Waals surface area contributed by atoms with Gasteiger partial charge in [0.25, 0.3) is 0 Å². The summed E-state index contributed by atoms with van der Waals surface area (Å²) >= 11 is 0. The Balaban J connectivity index is 2.44. The third-order valence-corrected chi connectivity index (χ3v) is 2.68. The molecule has 0 amide bonds. The molecule has 1 heterocycles. The van der Waals surface area contributed by atoms with Gasteiger partial charge in [0.05, 0.1) is 6.61 Å². The number of nitrogens with zero attached hydrogens (tertiary/aromatic N) is 1. The Bertz CT molecular complexity index is 138. The Hall–Kier alpha value is -0.120. The molecule has 0 aromatic carbocycles. The van der Waals surface area contributed by atoms with Crippen molar-refractivity contribution in [2.24, 2.45) is 11.7 Å². The molecule has 0 unspecified atom stereocenters. The molecule has 1 aliphatic rings. The molecule has 0 saturated carbocycles. The van der Waals surface area contributed by atoms with E-state index in [0.29, 0.717) is 18.0 Å². The topological polar surface area (TPSA) is 49.5 Å². The van der Waals surface area contributed by atoms with Crippen molar-refractivity contribution in [2.45, 2.75) is 32.4 Å². The van der Waals surface area contributed by atoms with Gasteiger partial charge in [-0.15, -0.1) is 0 Å². The van der Waals surface area contributed by atoms with E-state index in [2.05, 4.69) is 18.7 Å². The van der Waals surface area contributed by atoms with E-state index in [0.717, 1.165) is 19.5 Å². The highest BCUT2D eigenvalue weighted by Crippen LogP contribution is 2.16. The summed E-state index contributed by atoms with van der Waals surface area (Å²) in [6.45, 7) is 6.54. The smallest absolute Gasteiger partial charge is 0.0589 e. The average molecular weight is 172 g/mol. The van der Waals surface area contributed by atoms with Gasteiger partial charge in [-0.05, 0) is 12.3 Å². The monoisotopic (exact) mass is 172 g/mol. The largest absolute Gasteiger partial charge is 0.395 e. The van der Waals surface area contributed by atoms with Crippen LogP contribution in [0.25, 0.3) is 0 Å². The Morgan fingerprint density at radius 3 is 2.58 bits per heavy atom. The molecule has 2 atom stereocenters. The lowest BCUT2D eigenvalue weighted by Crippen LogP contribution is -2.41. The highest BCUT2D eigenvalue weighted by atomic mass is 16.3. The van der Waals surface area contributed by atoms with E-state index in [1.165, 1.54) is 0 Å². The SMILES string of the molecule is CC(C)[C@H](CO)N1CC[C@@H](N)C1. The third-order valence-electron chi connectivity index (χ3n) is 2.68. The molecule has 3 heteroatoms. The maximum atomic E-state index is 9.16. The zero-order valence-corrected chi connectivity index (χ0v) is 8.03. The average Bonchev–Trinajstić information content (AvgIpc) is 2.37. The van der Waals surface area contributed by atoms with E-state index in [4.69, 9.17) is 10.8 Å². The minimum absolute atomic E-state index is 0.254. The normalized spacial score (nSPS) is 28.2. The van der Waals surface area contributed by atoms with Crippen molar-refractivity contribution in [1.29, 1.82) is 0 Å². The molecule has 0 aromatic rings. The van der Waals surface area contributed by atoms with Gasteiger partial charge in [-0.25, -0.2) is 0 Å². The molecule has 12 heavy (non-hydrogen) atoms. The molecule has 1 rings (SSSR count). The van der Waals surface area contributed by atoms with Gasteiger partial charge in [0, 0.05) is 25.2 Å². The first kappa shape index (κ1) is 9.96. The number of aliphatic hydroxyl groups excluding tert-OH is 1. The van der Waals surface area contributed by atoms with Crippen molar-refractivity contribution >= 4 is 0 Å². The van der Waals surface area contributed by atoms with E-state index in [9.17, 15) is 0 Å². The molecule has 1 aliphatic heterocycles. The van der Waals surface area contributed by atoms with Crippen molar-refractivity contribution in [3.63, 3.8) is 0 Å². The van der Waals surface area contributed by atoms with Gasteiger partial charge in [-0.2, -0.15) is 0 Å². The second kappa shape index (κ2) is 4.21. The molecule has 3 N–H and O–H groups in total. The van der Waals surface area contributed by atoms with Crippen LogP contribution < -0.4 is 5.73 Å². The van der Waals surface area contributed by atoms with Gasteiger partial charge in [-0.1, -0.05) is 13.8 Å². The van der Waals surface area contributed by atoms with E-state index < -0.39 is 0 Å². The predicted molar refractivity (Wildman–Crippen MR) is 49.9 cm³/mol. The fraction of sp³-hybridized carbons (Fsp3) is 1.00. The maximum absolute atomic E-state index is 9.16. The van der Waals surface area contributed by atoms with Crippen LogP contribution in [0.1, 0.15) is 20.3 Å². The lowest BCUT2D eigenvalue weighted by molar-refractivity contribution is 0.111. The first-order chi connectivity index (χ1) is 5.65. The lowest BCUT2D eigenvalue weighted by atomic mass is 10.0. The number of hydrogen-bond donors (Lipinski definition) is 2. The van der Waals surface area contributed by atoms with Crippen LogP contribution in [-0.2, 0) is 0 Å². The van der Waals surface area contributed by atoms with Crippen molar-refractivity contribution in [3.05, 3.63) is 0 Å². The Labute approximate surface area is 74.5 Å². The van der Waals surface area contributed by atoms with Crippen LogP contribution in [0.3, 0.4) is 0 Å². The molecular formula is C9H20N2O. The summed E-state index contributed by atoms with van der Waals surface area (Å²) in [5.41, 5.74) is 5.79. The van der Waals surface area contributed by atoms with Crippen molar-refractivity contribution in [1.82, 2.24) is 4.90 Å². The molecule has 1 fully saturated rings. The molecule has 0 radical (unpaired) electrons. The molecule has 1 saturated heterocycles. The summed E-state index contributed by atoms with van der Waals surface area (Å²) in [4.78, 5) is 2.30. The van der Waals surface area contributed by atoms with E-state index in [-0.39, 0.29) is 6.61 Å². The number of hydrogen-bond acceptors (Lipinski definition) is 3. The van der Waals surface area contributed by atoms with Crippen molar-refractivity contribution < 1.29 is 5.11 Å². The Morgan fingerprint density at radius 1 is 1.58 bits per heavy atom. The van der Waals surface area contributed by atoms with Gasteiger partial charge >= 0.3 is 0 Å². The fourth-order valence-corrected chi connectivity index (χ4v) is 1.86. The van der Waals surface area contributed by atoms with E-state index >= 15 is 0 Å². The summed E-state index contributed by atoms with van der Waals surface area (Å²) in [6, 6.07) is 0.622. The highest BCUT2D eigenvalue weighted by Gasteiger charge is 2.27. The van der Waals surface area contributed by atoms with Crippen LogP contribution in [-0.4, -0.2) is 41.8 Å². The number of nitrogens with two attached hydrogens (primary N) is 1. The minimum Gasteiger partial charge on any atom is -0.395 e. The van der Waals surface area contributed by atoms with Gasteiger partial charge in [-0.3, -0.25) is 4.90 Å². The number of aliphatic hydroxyl groups is 1. The van der Waals surface area contributed by atoms with Crippen LogP contribution >= 0.6 is 0 Å². The quantitative estimate of drug-likeness (QED) is 0.632. The Morgan fingerprint density at radius 2 is 2.25 bits per heavy atom. The second-order valence-corrected chi connectivity index (χ2v) is 4.04. The molecule has 72 valence electrons. The summed E-state index contributed by atoms with van der Waals surface area (Å²) < 4.78 is 0. The van der Waals surface area contributed by atoms with E-state index in [1.807, 2.05) is 0 Å². The van der Waals surface area contributed by atoms with Crippen LogP contribution in [0.2, 0.25) is 0 Å². The zero-order valence-electron chi connectivity index (χ0n) is 8.03. The highest BCUT2D eigenvalue weighted by molar-refractivity contribution is 4.84. The minimum atomic E-state index is 0.254. The van der Waals surface area contributed by atoms with Gasteiger partial charge in [0.15, 0.2) is 0 Å². The van der Waals surface area contributed by atoms with Gasteiger partial charge in [0.1, 0.15) is 0 Å². The van der Waals surface area contributed by atoms with Gasteiger partial charge < -0.3 is 10.8 Å². The number of rotatable bonds is 3. The Kier molecular flexibility index (Phi) is 3.50. The van der Waals surface area contributed by atoms with Crippen LogP contribution in [0.15, 0.2) is 0 Å². The van der Waals surface area contributed by atoms with Crippen LogP contribution in [0.4, 0.5) is 0 Å². The van der Waals surface area contributed by atoms with E-state index in [1.54, 1.807) is 0 Å². The van der Waals surface area contributed by atoms with Crippen molar-refractivity contribution in [2.75, 3.05) is 19.7 Å². The van der Waals surface area contributed by atoms with Crippen LogP contribution in [0.5, 0.6) is 0 Å². The van der Waals surface area contributed by atoms with Crippen molar-refractivity contribution in [3.8, 4) is 0 Å². The summed E-state index contributed by atoms with van der Waals surface area (Å²) in [5, 5.41) is 9.16. The molecule has 0 aromatic heterocycles. The number of likely N-dealkylation sites (tertiary alicyclic amines) is 1. The fourth-order valence-electron chi connectivity index (χ4n) is 1.86. The second-order valence-electron chi connectivity index (χ2n) is 4.04. The molecule has 0 bridgehead atoms. The first-order valence-electron chi connectivity index (χ1n) is 4.75. The maximum Gasteiger partial charge on any atom is 0.0589 e. The first-order valence-corrected chi connectivity index (χ1v) is 4.75. The molecule has 0 aliphatic carbocycles.